The number of carbonyl (C=O) groups is 1. The average molecular weight is 468 g/mol. The van der Waals surface area contributed by atoms with Crippen LogP contribution in [-0.2, 0) is 29.6 Å². The Hall–Kier alpha value is -4.07. The molecule has 176 valence electrons. The molecule has 1 aliphatic carbocycles. The first-order valence-electron chi connectivity index (χ1n) is 12.0. The summed E-state index contributed by atoms with van der Waals surface area (Å²) in [6, 6.07) is 19.8. The van der Waals surface area contributed by atoms with Crippen molar-refractivity contribution in [3.05, 3.63) is 99.6 Å². The lowest BCUT2D eigenvalue weighted by atomic mass is 9.94. The highest BCUT2D eigenvalue weighted by Crippen LogP contribution is 2.51. The van der Waals surface area contributed by atoms with Crippen molar-refractivity contribution in [2.24, 2.45) is 0 Å². The number of amides is 1. The first-order valence-corrected chi connectivity index (χ1v) is 12.0. The van der Waals surface area contributed by atoms with Crippen molar-refractivity contribution in [1.29, 1.82) is 0 Å². The first-order chi connectivity index (χ1) is 17.1. The predicted octanol–water partition coefficient (Wildman–Crippen LogP) is 3.42. The number of aromatic nitrogens is 4. The summed E-state index contributed by atoms with van der Waals surface area (Å²) in [5, 5.41) is 4.01. The van der Waals surface area contributed by atoms with Crippen LogP contribution in [0.5, 0.6) is 0 Å². The van der Waals surface area contributed by atoms with E-state index in [1.54, 1.807) is 4.90 Å². The quantitative estimate of drug-likeness (QED) is 0.466. The Morgan fingerprint density at radius 2 is 1.77 bits per heavy atom. The van der Waals surface area contributed by atoms with Gasteiger partial charge < -0.3 is 14.4 Å². The summed E-state index contributed by atoms with van der Waals surface area (Å²) in [7, 11) is 0. The Labute approximate surface area is 202 Å². The summed E-state index contributed by atoms with van der Waals surface area (Å²) in [4.78, 5) is 39.9. The number of aryl methyl sites for hydroxylation is 1. The van der Waals surface area contributed by atoms with Crippen LogP contribution < -0.4 is 5.56 Å². The molecular weight excluding hydrogens is 442 g/mol. The molecule has 1 saturated carbocycles. The van der Waals surface area contributed by atoms with E-state index in [1.807, 2.05) is 48.5 Å². The van der Waals surface area contributed by atoms with Crippen LogP contribution in [0, 0.1) is 0 Å². The maximum atomic E-state index is 13.0. The van der Waals surface area contributed by atoms with Crippen LogP contribution in [0.15, 0.2) is 70.0 Å². The van der Waals surface area contributed by atoms with Gasteiger partial charge in [0.05, 0.1) is 23.2 Å². The summed E-state index contributed by atoms with van der Waals surface area (Å²) in [6.45, 7) is 0.813. The van der Waals surface area contributed by atoms with Crippen LogP contribution in [0.3, 0.4) is 0 Å². The molecule has 1 fully saturated rings. The molecule has 0 unspecified atom stereocenters. The zero-order chi connectivity index (χ0) is 23.8. The largest absolute Gasteiger partial charge is 0.339 e. The van der Waals surface area contributed by atoms with Crippen molar-refractivity contribution in [3.8, 4) is 11.4 Å². The highest BCUT2D eigenvalue weighted by molar-refractivity contribution is 5.76. The van der Waals surface area contributed by atoms with Gasteiger partial charge in [0.1, 0.15) is 5.82 Å². The third-order valence-corrected chi connectivity index (χ3v) is 7.00. The van der Waals surface area contributed by atoms with Gasteiger partial charge in [0.25, 0.3) is 5.56 Å². The Morgan fingerprint density at radius 3 is 2.51 bits per heavy atom. The molecule has 8 nitrogen and oxygen atoms in total. The molecule has 0 atom stereocenters. The second kappa shape index (κ2) is 8.61. The first kappa shape index (κ1) is 21.5. The molecule has 0 bridgehead atoms. The van der Waals surface area contributed by atoms with E-state index in [1.165, 1.54) is 5.56 Å². The van der Waals surface area contributed by atoms with Crippen LogP contribution in [0.4, 0.5) is 0 Å². The summed E-state index contributed by atoms with van der Waals surface area (Å²) >= 11 is 0. The van der Waals surface area contributed by atoms with Crippen molar-refractivity contribution < 1.29 is 9.32 Å². The second-order valence-corrected chi connectivity index (χ2v) is 9.23. The van der Waals surface area contributed by atoms with Crippen LogP contribution in [0.1, 0.15) is 47.8 Å². The summed E-state index contributed by atoms with van der Waals surface area (Å²) in [6.07, 6.45) is 3.12. The molecule has 1 N–H and O–H groups in total. The van der Waals surface area contributed by atoms with Crippen LogP contribution in [0.2, 0.25) is 0 Å². The van der Waals surface area contributed by atoms with Gasteiger partial charge >= 0.3 is 0 Å². The van der Waals surface area contributed by atoms with Crippen molar-refractivity contribution in [2.75, 3.05) is 6.54 Å². The van der Waals surface area contributed by atoms with E-state index in [0.29, 0.717) is 36.7 Å². The molecule has 1 aliphatic heterocycles. The van der Waals surface area contributed by atoms with Crippen molar-refractivity contribution in [2.45, 2.75) is 44.1 Å². The SMILES string of the molecule is O=C(CCc1nc(-c2ccccc2)no1)N1CCc2nc(C3(c4ccccc4)CC3)[nH]c(=O)c2C1. The third kappa shape index (κ3) is 4.05. The number of hydrogen-bond donors (Lipinski definition) is 1. The van der Waals surface area contributed by atoms with Gasteiger partial charge in [-0.2, -0.15) is 4.98 Å². The van der Waals surface area contributed by atoms with Gasteiger partial charge in [-0.1, -0.05) is 65.8 Å². The number of H-pyrrole nitrogens is 1. The summed E-state index contributed by atoms with van der Waals surface area (Å²) < 4.78 is 5.32. The molecule has 35 heavy (non-hydrogen) atoms. The lowest BCUT2D eigenvalue weighted by Gasteiger charge is -2.28. The summed E-state index contributed by atoms with van der Waals surface area (Å²) in [5.74, 6) is 1.64. The molecule has 2 aromatic heterocycles. The van der Waals surface area contributed by atoms with E-state index < -0.39 is 0 Å². The van der Waals surface area contributed by atoms with E-state index in [-0.39, 0.29) is 29.8 Å². The highest BCUT2D eigenvalue weighted by Gasteiger charge is 2.48. The number of carbonyl (C=O) groups excluding carboxylic acids is 1. The number of hydrogen-bond acceptors (Lipinski definition) is 6. The average Bonchev–Trinajstić information content (AvgIpc) is 3.59. The van der Waals surface area contributed by atoms with E-state index in [2.05, 4.69) is 27.3 Å². The maximum absolute atomic E-state index is 13.0. The van der Waals surface area contributed by atoms with Crippen molar-refractivity contribution in [1.82, 2.24) is 25.0 Å². The van der Waals surface area contributed by atoms with Crippen LogP contribution in [-0.4, -0.2) is 37.5 Å². The Morgan fingerprint density at radius 1 is 1.03 bits per heavy atom. The zero-order valence-corrected chi connectivity index (χ0v) is 19.2. The Bertz CT molecular complexity index is 1420. The minimum Gasteiger partial charge on any atom is -0.339 e. The van der Waals surface area contributed by atoms with Gasteiger partial charge in [-0.3, -0.25) is 9.59 Å². The maximum Gasteiger partial charge on any atom is 0.256 e. The molecule has 0 spiro atoms. The van der Waals surface area contributed by atoms with Gasteiger partial charge in [0, 0.05) is 31.4 Å². The number of fused-ring (bicyclic) bond motifs is 1. The topological polar surface area (TPSA) is 105 Å². The zero-order valence-electron chi connectivity index (χ0n) is 19.2. The fraction of sp³-hybridized carbons (Fsp3) is 0.296. The van der Waals surface area contributed by atoms with E-state index in [4.69, 9.17) is 9.51 Å². The van der Waals surface area contributed by atoms with Crippen LogP contribution in [0.25, 0.3) is 11.4 Å². The molecule has 4 aromatic rings. The molecular formula is C27H25N5O3. The Kier molecular flexibility index (Phi) is 5.28. The molecule has 1 amide bonds. The normalized spacial score (nSPS) is 16.1. The number of nitrogens with zero attached hydrogens (tertiary/aromatic N) is 4. The standard InChI is InChI=1S/C27H25N5O3/c33-23(12-11-22-29-24(31-35-22)18-7-3-1-4-8-18)32-16-13-21-20(17-32)25(34)30-26(28-21)27(14-15-27)19-9-5-2-6-10-19/h1-10H,11-17H2,(H,28,30,34). The molecule has 8 heteroatoms. The van der Waals surface area contributed by atoms with E-state index >= 15 is 0 Å². The lowest BCUT2D eigenvalue weighted by molar-refractivity contribution is -0.132. The molecule has 0 radical (unpaired) electrons. The molecule has 0 saturated heterocycles. The molecule has 2 aromatic carbocycles. The number of nitrogens with one attached hydrogen (secondary N) is 1. The van der Waals surface area contributed by atoms with Crippen molar-refractivity contribution >= 4 is 5.91 Å². The number of rotatable bonds is 6. The number of benzene rings is 2. The van der Waals surface area contributed by atoms with Gasteiger partial charge in [0.2, 0.25) is 17.6 Å². The molecule has 6 rings (SSSR count). The lowest BCUT2D eigenvalue weighted by Crippen LogP contribution is -2.40. The van der Waals surface area contributed by atoms with Gasteiger partial charge in [-0.05, 0) is 18.4 Å². The van der Waals surface area contributed by atoms with Gasteiger partial charge in [0.15, 0.2) is 0 Å². The van der Waals surface area contributed by atoms with E-state index in [0.717, 1.165) is 29.9 Å². The fourth-order valence-corrected chi connectivity index (χ4v) is 4.84. The smallest absolute Gasteiger partial charge is 0.256 e. The van der Waals surface area contributed by atoms with E-state index in [9.17, 15) is 9.59 Å². The predicted molar refractivity (Wildman–Crippen MR) is 128 cm³/mol. The second-order valence-electron chi connectivity index (χ2n) is 9.23. The molecule has 3 heterocycles. The van der Waals surface area contributed by atoms with Gasteiger partial charge in [-0.25, -0.2) is 4.98 Å². The minimum absolute atomic E-state index is 0.0402. The van der Waals surface area contributed by atoms with Gasteiger partial charge in [-0.15, -0.1) is 0 Å². The molecule has 2 aliphatic rings. The Balaban J connectivity index is 1.13. The third-order valence-electron chi connectivity index (χ3n) is 7.00. The van der Waals surface area contributed by atoms with Crippen molar-refractivity contribution in [3.63, 3.8) is 0 Å². The fourth-order valence-electron chi connectivity index (χ4n) is 4.84. The monoisotopic (exact) mass is 467 g/mol. The van der Waals surface area contributed by atoms with Crippen LogP contribution >= 0.6 is 0 Å². The summed E-state index contributed by atoms with van der Waals surface area (Å²) in [5.41, 5.74) is 3.11. The minimum atomic E-state index is -0.189. The highest BCUT2D eigenvalue weighted by atomic mass is 16.5. The number of aromatic amines is 1.